The van der Waals surface area contributed by atoms with Crippen LogP contribution in [-0.4, -0.2) is 47.7 Å². The van der Waals surface area contributed by atoms with E-state index in [9.17, 15) is 0 Å². The van der Waals surface area contributed by atoms with E-state index in [0.29, 0.717) is 0 Å². The zero-order valence-corrected chi connectivity index (χ0v) is 19.3. The summed E-state index contributed by atoms with van der Waals surface area (Å²) in [6, 6.07) is 18.4. The van der Waals surface area contributed by atoms with E-state index in [0.717, 1.165) is 58.1 Å². The lowest BCUT2D eigenvalue weighted by atomic mass is 10.1. The van der Waals surface area contributed by atoms with Gasteiger partial charge >= 0.3 is 0 Å². The molecule has 0 aliphatic heterocycles. The number of nitrogens with one attached hydrogen (secondary N) is 1. The molecule has 1 N–H and O–H groups in total. The molecule has 166 valence electrons. The largest absolute Gasteiger partial charge is 0.486 e. The van der Waals surface area contributed by atoms with Crippen LogP contribution in [0.1, 0.15) is 29.5 Å². The minimum atomic E-state index is -0.0346. The molecule has 0 fully saturated rings. The van der Waals surface area contributed by atoms with Crippen LogP contribution in [0.25, 0.3) is 16.6 Å². The van der Waals surface area contributed by atoms with E-state index in [1.54, 1.807) is 0 Å². The number of ether oxygens (including phenoxy) is 1. The van der Waals surface area contributed by atoms with E-state index in [-0.39, 0.29) is 6.10 Å². The van der Waals surface area contributed by atoms with Crippen molar-refractivity contribution in [2.45, 2.75) is 26.4 Å². The molecule has 0 saturated carbocycles. The Morgan fingerprint density at radius 3 is 2.53 bits per heavy atom. The summed E-state index contributed by atoms with van der Waals surface area (Å²) in [6.07, 6.45) is 0.839. The Bertz CT molecular complexity index is 1200. The van der Waals surface area contributed by atoms with Crippen molar-refractivity contribution in [3.05, 3.63) is 71.5 Å². The number of benzene rings is 2. The van der Waals surface area contributed by atoms with Crippen molar-refractivity contribution in [1.82, 2.24) is 25.3 Å². The van der Waals surface area contributed by atoms with Gasteiger partial charge in [-0.25, -0.2) is 4.68 Å². The molecule has 2 aromatic heterocycles. The van der Waals surface area contributed by atoms with Crippen LogP contribution >= 0.6 is 0 Å². The van der Waals surface area contributed by atoms with Crippen LogP contribution in [0.3, 0.4) is 0 Å². The van der Waals surface area contributed by atoms with Crippen molar-refractivity contribution < 1.29 is 4.74 Å². The third kappa shape index (κ3) is 4.29. The number of aromatic nitrogens is 4. The van der Waals surface area contributed by atoms with Crippen LogP contribution in [-0.2, 0) is 0 Å². The molecular formula is C25H30N6O. The quantitative estimate of drug-likeness (QED) is 0.451. The summed E-state index contributed by atoms with van der Waals surface area (Å²) in [6.45, 7) is 4.91. The molecule has 0 radical (unpaired) electrons. The molecule has 0 spiro atoms. The first-order valence-corrected chi connectivity index (χ1v) is 10.9. The normalized spacial score (nSPS) is 12.2. The summed E-state index contributed by atoms with van der Waals surface area (Å²) in [5.74, 6) is 1.57. The second kappa shape index (κ2) is 9.36. The molecule has 2 aromatic carbocycles. The highest BCUT2D eigenvalue weighted by Crippen LogP contribution is 2.30. The topological polar surface area (TPSA) is 68.1 Å². The van der Waals surface area contributed by atoms with E-state index in [1.165, 1.54) is 0 Å². The summed E-state index contributed by atoms with van der Waals surface area (Å²) in [5, 5.41) is 17.8. The predicted molar refractivity (Wildman–Crippen MR) is 129 cm³/mol. The van der Waals surface area contributed by atoms with Gasteiger partial charge in [0.2, 0.25) is 0 Å². The first kappa shape index (κ1) is 21.8. The van der Waals surface area contributed by atoms with E-state index in [4.69, 9.17) is 9.84 Å². The van der Waals surface area contributed by atoms with Crippen molar-refractivity contribution in [1.29, 1.82) is 0 Å². The van der Waals surface area contributed by atoms with Crippen LogP contribution in [0, 0.1) is 13.8 Å². The fraction of sp³-hybridized carbons (Fsp3) is 0.320. The molecule has 7 nitrogen and oxygen atoms in total. The van der Waals surface area contributed by atoms with Crippen LogP contribution < -0.4 is 15.0 Å². The highest BCUT2D eigenvalue weighted by Gasteiger charge is 2.19. The summed E-state index contributed by atoms with van der Waals surface area (Å²) >= 11 is 0. The Morgan fingerprint density at radius 2 is 1.81 bits per heavy atom. The molecule has 4 rings (SSSR count). The zero-order chi connectivity index (χ0) is 22.7. The fourth-order valence-electron chi connectivity index (χ4n) is 3.95. The molecule has 32 heavy (non-hydrogen) atoms. The predicted octanol–water partition coefficient (Wildman–Crippen LogP) is 4.23. The van der Waals surface area contributed by atoms with Gasteiger partial charge < -0.3 is 15.0 Å². The second-order valence-corrected chi connectivity index (χ2v) is 8.13. The minimum absolute atomic E-state index is 0.0346. The number of fused-ring (bicyclic) bond motifs is 1. The van der Waals surface area contributed by atoms with Crippen molar-refractivity contribution >= 4 is 16.7 Å². The monoisotopic (exact) mass is 430 g/mol. The van der Waals surface area contributed by atoms with Crippen molar-refractivity contribution in [3.8, 4) is 11.4 Å². The smallest absolute Gasteiger partial charge is 0.179 e. The Balaban J connectivity index is 1.71. The lowest BCUT2D eigenvalue weighted by Crippen LogP contribution is -2.16. The summed E-state index contributed by atoms with van der Waals surface area (Å²) < 4.78 is 8.40. The molecule has 0 saturated heterocycles. The third-order valence-electron chi connectivity index (χ3n) is 5.58. The standard InChI is InChI=1S/C25H30N6O/c1-17-23-18(2)31(29-24(23)25(28-27-17)30(4)5)20-12-9-13-21(16-20)32-22(14-15-26-3)19-10-7-6-8-11-19/h6-13,16,22,26H,14-15H2,1-5H3. The maximum atomic E-state index is 6.45. The van der Waals surface area contributed by atoms with Crippen molar-refractivity contribution in [3.63, 3.8) is 0 Å². The van der Waals surface area contributed by atoms with Crippen LogP contribution in [0.15, 0.2) is 54.6 Å². The van der Waals surface area contributed by atoms with Crippen molar-refractivity contribution in [2.24, 2.45) is 0 Å². The molecule has 0 amide bonds. The average molecular weight is 431 g/mol. The number of anilines is 1. The van der Waals surface area contributed by atoms with E-state index >= 15 is 0 Å². The van der Waals surface area contributed by atoms with Crippen LogP contribution in [0.2, 0.25) is 0 Å². The second-order valence-electron chi connectivity index (χ2n) is 8.13. The van der Waals surface area contributed by atoms with Gasteiger partial charge in [0, 0.05) is 26.6 Å². The Kier molecular flexibility index (Phi) is 6.37. The molecule has 0 bridgehead atoms. The number of nitrogens with zero attached hydrogens (tertiary/aromatic N) is 5. The number of hydrogen-bond acceptors (Lipinski definition) is 6. The maximum absolute atomic E-state index is 6.45. The van der Waals surface area contributed by atoms with Gasteiger partial charge in [-0.3, -0.25) is 0 Å². The first-order valence-electron chi connectivity index (χ1n) is 10.9. The van der Waals surface area contributed by atoms with Gasteiger partial charge in [-0.1, -0.05) is 36.4 Å². The summed E-state index contributed by atoms with van der Waals surface area (Å²) in [4.78, 5) is 1.94. The molecule has 2 heterocycles. The summed E-state index contributed by atoms with van der Waals surface area (Å²) in [5.41, 5.74) is 4.86. The fourth-order valence-corrected chi connectivity index (χ4v) is 3.95. The highest BCUT2D eigenvalue weighted by atomic mass is 16.5. The number of rotatable bonds is 8. The van der Waals surface area contributed by atoms with E-state index in [1.807, 2.05) is 80.1 Å². The van der Waals surface area contributed by atoms with Gasteiger partial charge in [0.1, 0.15) is 17.4 Å². The maximum Gasteiger partial charge on any atom is 0.179 e. The molecular weight excluding hydrogens is 400 g/mol. The average Bonchev–Trinajstić information content (AvgIpc) is 3.15. The molecule has 7 heteroatoms. The Hall–Kier alpha value is -3.45. The third-order valence-corrected chi connectivity index (χ3v) is 5.58. The molecule has 0 aliphatic rings. The number of hydrogen-bond donors (Lipinski definition) is 1. The Morgan fingerprint density at radius 1 is 1.03 bits per heavy atom. The lowest BCUT2D eigenvalue weighted by Gasteiger charge is -2.20. The first-order chi connectivity index (χ1) is 15.5. The molecule has 0 aliphatic carbocycles. The Labute approximate surface area is 189 Å². The SMILES string of the molecule is CNCCC(Oc1cccc(-n2nc3c(N(C)C)nnc(C)c3c2C)c1)c1ccccc1. The van der Waals surface area contributed by atoms with Crippen LogP contribution in [0.4, 0.5) is 5.82 Å². The zero-order valence-electron chi connectivity index (χ0n) is 19.3. The van der Waals surface area contributed by atoms with Crippen LogP contribution in [0.5, 0.6) is 5.75 Å². The van der Waals surface area contributed by atoms with Gasteiger partial charge in [-0.05, 0) is 45.1 Å². The van der Waals surface area contributed by atoms with Gasteiger partial charge in [0.05, 0.1) is 22.5 Å². The van der Waals surface area contributed by atoms with Gasteiger partial charge in [-0.15, -0.1) is 5.10 Å². The van der Waals surface area contributed by atoms with E-state index < -0.39 is 0 Å². The van der Waals surface area contributed by atoms with E-state index in [2.05, 4.69) is 34.6 Å². The lowest BCUT2D eigenvalue weighted by molar-refractivity contribution is 0.195. The van der Waals surface area contributed by atoms with Gasteiger partial charge in [0.25, 0.3) is 0 Å². The van der Waals surface area contributed by atoms with Gasteiger partial charge in [0.15, 0.2) is 5.82 Å². The summed E-state index contributed by atoms with van der Waals surface area (Å²) in [7, 11) is 5.87. The molecule has 1 unspecified atom stereocenters. The minimum Gasteiger partial charge on any atom is -0.486 e. The molecule has 1 atom stereocenters. The highest BCUT2D eigenvalue weighted by molar-refractivity contribution is 5.92. The molecule has 4 aromatic rings. The van der Waals surface area contributed by atoms with Crippen molar-refractivity contribution in [2.75, 3.05) is 32.6 Å². The number of aryl methyl sites for hydroxylation is 2. The van der Waals surface area contributed by atoms with Gasteiger partial charge in [-0.2, -0.15) is 10.2 Å².